The molecule has 34 heavy (non-hydrogen) atoms. The van der Waals surface area contributed by atoms with E-state index in [1.54, 1.807) is 39.1 Å². The molecule has 3 aromatic carbocycles. The monoisotopic (exact) mass is 471 g/mol. The van der Waals surface area contributed by atoms with E-state index in [4.69, 9.17) is 11.6 Å². The Bertz CT molecular complexity index is 1310. The lowest BCUT2D eigenvalue weighted by Gasteiger charge is -2.26. The summed E-state index contributed by atoms with van der Waals surface area (Å²) in [5.41, 5.74) is 2.86. The Morgan fingerprint density at radius 2 is 1.59 bits per heavy atom. The van der Waals surface area contributed by atoms with E-state index < -0.39 is 6.04 Å². The standard InChI is InChI=1S/C27H24ClN4O2/c1-19-25(27(34)31(29(19)2)24-14-7-4-8-15-24)32-26(33)21(16-20-10-9-11-22(28)17-20)18-30(32)23-12-5-3-6-13-23/h3-19,25H,1-2H3/q+1/b21-16+. The second kappa shape index (κ2) is 8.89. The van der Waals surface area contributed by atoms with Crippen molar-refractivity contribution < 1.29 is 14.3 Å². The number of hydrazone groups is 1. The number of carbonyl (C=O) groups excluding carboxylic acids is 2. The molecule has 0 saturated carbocycles. The second-order valence-electron chi connectivity index (χ2n) is 8.36. The van der Waals surface area contributed by atoms with Crippen molar-refractivity contribution in [2.24, 2.45) is 0 Å². The maximum absolute atomic E-state index is 13.8. The van der Waals surface area contributed by atoms with Crippen molar-refractivity contribution in [1.82, 2.24) is 10.0 Å². The van der Waals surface area contributed by atoms with E-state index in [-0.39, 0.29) is 17.9 Å². The Morgan fingerprint density at radius 1 is 0.912 bits per heavy atom. The van der Waals surface area contributed by atoms with E-state index in [0.29, 0.717) is 10.6 Å². The van der Waals surface area contributed by atoms with E-state index in [9.17, 15) is 9.59 Å². The predicted molar refractivity (Wildman–Crippen MR) is 134 cm³/mol. The smallest absolute Gasteiger partial charge is 0.270 e. The molecule has 1 fully saturated rings. The van der Waals surface area contributed by atoms with Crippen LogP contribution in [0.15, 0.2) is 90.5 Å². The summed E-state index contributed by atoms with van der Waals surface area (Å²) in [6, 6.07) is 25.4. The minimum atomic E-state index is -0.709. The SMILES string of the molecule is CC1C(N2C(=O)/C(=C/c3cccc(Cl)c3)C=[N+]2c2ccccc2)C(=O)N(c2ccccc2)N1C. The number of anilines is 1. The van der Waals surface area contributed by atoms with Gasteiger partial charge in [0.05, 0.1) is 11.7 Å². The molecule has 0 aromatic heterocycles. The summed E-state index contributed by atoms with van der Waals surface area (Å²) in [7, 11) is 1.87. The number of hydrogen-bond donors (Lipinski definition) is 0. The molecule has 170 valence electrons. The summed E-state index contributed by atoms with van der Waals surface area (Å²) in [6.07, 6.45) is 3.58. The van der Waals surface area contributed by atoms with Gasteiger partial charge in [0.15, 0.2) is 6.04 Å². The molecule has 0 radical (unpaired) electrons. The number of amides is 2. The normalized spacial score (nSPS) is 22.1. The van der Waals surface area contributed by atoms with Crippen molar-refractivity contribution in [3.8, 4) is 0 Å². The van der Waals surface area contributed by atoms with Crippen molar-refractivity contribution in [1.29, 1.82) is 0 Å². The van der Waals surface area contributed by atoms with Crippen LogP contribution in [0.5, 0.6) is 0 Å². The van der Waals surface area contributed by atoms with Gasteiger partial charge >= 0.3 is 5.91 Å². The van der Waals surface area contributed by atoms with Gasteiger partial charge in [-0.05, 0) is 42.8 Å². The van der Waals surface area contributed by atoms with Crippen LogP contribution >= 0.6 is 11.6 Å². The van der Waals surface area contributed by atoms with E-state index in [0.717, 1.165) is 16.9 Å². The molecule has 2 unspecified atom stereocenters. The van der Waals surface area contributed by atoms with Gasteiger partial charge in [-0.25, -0.2) is 10.0 Å². The quantitative estimate of drug-likeness (QED) is 0.414. The fourth-order valence-corrected chi connectivity index (χ4v) is 4.65. The lowest BCUT2D eigenvalue weighted by Crippen LogP contribution is -2.50. The van der Waals surface area contributed by atoms with Gasteiger partial charge in [0.1, 0.15) is 5.57 Å². The van der Waals surface area contributed by atoms with Crippen LogP contribution < -0.4 is 5.01 Å². The van der Waals surface area contributed by atoms with E-state index in [1.165, 1.54) is 0 Å². The molecular formula is C27H24ClN4O2+. The molecule has 2 aliphatic heterocycles. The van der Waals surface area contributed by atoms with Crippen LogP contribution in [0.3, 0.4) is 0 Å². The van der Waals surface area contributed by atoms with Gasteiger partial charge in [-0.15, -0.1) is 0 Å². The fourth-order valence-electron chi connectivity index (χ4n) is 4.46. The highest BCUT2D eigenvalue weighted by atomic mass is 35.5. The molecule has 0 spiro atoms. The van der Waals surface area contributed by atoms with E-state index in [2.05, 4.69) is 0 Å². The van der Waals surface area contributed by atoms with Gasteiger partial charge in [-0.2, -0.15) is 0 Å². The van der Waals surface area contributed by atoms with Crippen molar-refractivity contribution in [2.45, 2.75) is 19.0 Å². The van der Waals surface area contributed by atoms with Crippen molar-refractivity contribution in [3.63, 3.8) is 0 Å². The van der Waals surface area contributed by atoms with Crippen molar-refractivity contribution in [2.75, 3.05) is 12.1 Å². The first-order chi connectivity index (χ1) is 16.5. The van der Waals surface area contributed by atoms with E-state index >= 15 is 0 Å². The number of para-hydroxylation sites is 2. The summed E-state index contributed by atoms with van der Waals surface area (Å²) < 4.78 is 1.78. The highest BCUT2D eigenvalue weighted by molar-refractivity contribution is 6.30. The Labute approximate surface area is 203 Å². The van der Waals surface area contributed by atoms with Gasteiger partial charge in [0.25, 0.3) is 5.91 Å². The van der Waals surface area contributed by atoms with Gasteiger partial charge in [-0.1, -0.05) is 69.8 Å². The maximum Gasteiger partial charge on any atom is 0.315 e. The lowest BCUT2D eigenvalue weighted by molar-refractivity contribution is -0.598. The highest BCUT2D eigenvalue weighted by Gasteiger charge is 2.55. The summed E-state index contributed by atoms with van der Waals surface area (Å²) in [5.74, 6) is -0.398. The van der Waals surface area contributed by atoms with Crippen LogP contribution in [0.4, 0.5) is 11.4 Å². The molecule has 6 nitrogen and oxygen atoms in total. The molecular weight excluding hydrogens is 448 g/mol. The first kappa shape index (κ1) is 22.1. The summed E-state index contributed by atoms with van der Waals surface area (Å²) in [5, 5.41) is 5.69. The number of hydrogen-bond acceptors (Lipinski definition) is 3. The molecule has 2 atom stereocenters. The van der Waals surface area contributed by atoms with Gasteiger partial charge < -0.3 is 0 Å². The van der Waals surface area contributed by atoms with Gasteiger partial charge in [0, 0.05) is 24.2 Å². The Kier molecular flexibility index (Phi) is 5.77. The summed E-state index contributed by atoms with van der Waals surface area (Å²) in [4.78, 5) is 27.5. The molecule has 0 aliphatic carbocycles. The number of halogens is 1. The molecule has 1 saturated heterocycles. The van der Waals surface area contributed by atoms with Gasteiger partial charge in [0.2, 0.25) is 11.9 Å². The zero-order valence-electron chi connectivity index (χ0n) is 18.9. The third-order valence-electron chi connectivity index (χ3n) is 6.23. The largest absolute Gasteiger partial charge is 0.315 e. The van der Waals surface area contributed by atoms with Gasteiger partial charge in [-0.3, -0.25) is 9.59 Å². The lowest BCUT2D eigenvalue weighted by atomic mass is 10.1. The van der Waals surface area contributed by atoms with Crippen LogP contribution in [0.1, 0.15) is 12.5 Å². The fraction of sp³-hybridized carbons (Fsp3) is 0.148. The van der Waals surface area contributed by atoms with Crippen LogP contribution in [-0.2, 0) is 9.59 Å². The minimum Gasteiger partial charge on any atom is -0.270 e. The molecule has 0 N–H and O–H groups in total. The van der Waals surface area contributed by atoms with Crippen molar-refractivity contribution in [3.05, 3.63) is 101 Å². The molecule has 2 amide bonds. The number of rotatable bonds is 4. The maximum atomic E-state index is 13.8. The predicted octanol–water partition coefficient (Wildman–Crippen LogP) is 4.55. The molecule has 3 aromatic rings. The number of carbonyl (C=O) groups is 2. The topological polar surface area (TPSA) is 46.9 Å². The third-order valence-corrected chi connectivity index (χ3v) is 6.46. The first-order valence-corrected chi connectivity index (χ1v) is 11.4. The molecule has 2 aliphatic rings. The molecule has 0 bridgehead atoms. The number of hydrazine groups is 2. The number of benzene rings is 3. The van der Waals surface area contributed by atoms with Crippen LogP contribution in [-0.4, -0.2) is 51.9 Å². The Morgan fingerprint density at radius 3 is 2.26 bits per heavy atom. The van der Waals surface area contributed by atoms with E-state index in [1.807, 2.05) is 91.8 Å². The zero-order chi connectivity index (χ0) is 23.8. The van der Waals surface area contributed by atoms with Crippen LogP contribution in [0, 0.1) is 0 Å². The number of likely N-dealkylation sites (N-methyl/N-ethyl adjacent to an activating group) is 1. The van der Waals surface area contributed by atoms with Crippen LogP contribution in [0.25, 0.3) is 6.08 Å². The summed E-state index contributed by atoms with van der Waals surface area (Å²) in [6.45, 7) is 1.96. The number of nitrogens with zero attached hydrogens (tertiary/aromatic N) is 4. The second-order valence-corrected chi connectivity index (χ2v) is 8.79. The minimum absolute atomic E-state index is 0.159. The molecule has 5 rings (SSSR count). The van der Waals surface area contributed by atoms with Crippen LogP contribution in [0.2, 0.25) is 5.02 Å². The third kappa shape index (κ3) is 3.81. The average Bonchev–Trinajstić information content (AvgIpc) is 3.27. The molecule has 2 heterocycles. The Balaban J connectivity index is 1.59. The average molecular weight is 472 g/mol. The summed E-state index contributed by atoms with van der Waals surface area (Å²) >= 11 is 6.15. The highest BCUT2D eigenvalue weighted by Crippen LogP contribution is 2.33. The zero-order valence-corrected chi connectivity index (χ0v) is 19.6. The van der Waals surface area contributed by atoms with Crippen molar-refractivity contribution >= 4 is 47.1 Å². The Hall–Kier alpha value is -3.74. The molecule has 7 heteroatoms. The first-order valence-electron chi connectivity index (χ1n) is 11.1.